The first-order valence-electron chi connectivity index (χ1n) is 6.82. The maximum atomic E-state index is 12.4. The number of hydrogen-bond acceptors (Lipinski definition) is 2. The fourth-order valence-electron chi connectivity index (χ4n) is 1.58. The maximum Gasteiger partial charge on any atom is 0.416 e. The van der Waals surface area contributed by atoms with Gasteiger partial charge in [-0.2, -0.15) is 13.2 Å². The summed E-state index contributed by atoms with van der Waals surface area (Å²) in [5.41, 5.74) is -0.656. The molecule has 0 bridgehead atoms. The fourth-order valence-corrected chi connectivity index (χ4v) is 1.58. The second-order valence-corrected chi connectivity index (χ2v) is 5.91. The zero-order chi connectivity index (χ0) is 17.0. The van der Waals surface area contributed by atoms with Crippen molar-refractivity contribution in [3.8, 4) is 0 Å². The lowest BCUT2D eigenvalue weighted by Crippen LogP contribution is -2.36. The number of alkyl carbamates (subject to hydrolysis) is 1. The maximum absolute atomic E-state index is 12.4. The number of hydrogen-bond donors (Lipinski definition) is 1. The van der Waals surface area contributed by atoms with E-state index in [4.69, 9.17) is 4.74 Å². The quantitative estimate of drug-likeness (QED) is 0.883. The lowest BCUT2D eigenvalue weighted by Gasteiger charge is -2.21. The van der Waals surface area contributed by atoms with Gasteiger partial charge in [0.1, 0.15) is 5.60 Å². The Bertz CT molecular complexity index is 528. The molecule has 0 saturated heterocycles. The van der Waals surface area contributed by atoms with Gasteiger partial charge in [0.2, 0.25) is 0 Å². The van der Waals surface area contributed by atoms with E-state index in [-0.39, 0.29) is 6.04 Å². The van der Waals surface area contributed by atoms with E-state index in [1.54, 1.807) is 39.8 Å². The average Bonchev–Trinajstić information content (AvgIpc) is 2.33. The number of benzene rings is 1. The van der Waals surface area contributed by atoms with Crippen molar-refractivity contribution < 1.29 is 22.7 Å². The SMILES string of the molecule is C[C@@H](/C=C/c1ccc(C(F)(F)F)cc1)NC(=O)OC(C)(C)C. The summed E-state index contributed by atoms with van der Waals surface area (Å²) >= 11 is 0. The van der Waals surface area contributed by atoms with Gasteiger partial charge in [0, 0.05) is 6.04 Å². The van der Waals surface area contributed by atoms with Gasteiger partial charge in [0.05, 0.1) is 5.56 Å². The average molecular weight is 315 g/mol. The van der Waals surface area contributed by atoms with Crippen LogP contribution >= 0.6 is 0 Å². The first-order chi connectivity index (χ1) is 9.97. The topological polar surface area (TPSA) is 38.3 Å². The molecule has 1 rings (SSSR count). The number of nitrogens with one attached hydrogen (secondary N) is 1. The van der Waals surface area contributed by atoms with Crippen molar-refractivity contribution in [3.05, 3.63) is 41.5 Å². The van der Waals surface area contributed by atoms with Crippen molar-refractivity contribution in [1.82, 2.24) is 5.32 Å². The molecule has 0 spiro atoms. The molecule has 6 heteroatoms. The predicted molar refractivity (Wildman–Crippen MR) is 79.3 cm³/mol. The molecular weight excluding hydrogens is 295 g/mol. The van der Waals surface area contributed by atoms with Crippen molar-refractivity contribution >= 4 is 12.2 Å². The van der Waals surface area contributed by atoms with Crippen LogP contribution in [0.4, 0.5) is 18.0 Å². The lowest BCUT2D eigenvalue weighted by atomic mass is 10.1. The standard InChI is InChI=1S/C16H20F3NO2/c1-11(20-14(21)22-15(2,3)4)5-6-12-7-9-13(10-8-12)16(17,18)19/h5-11H,1-4H3,(H,20,21)/b6-5+/t11-/m0/s1. The van der Waals surface area contributed by atoms with Crippen LogP contribution in [-0.2, 0) is 10.9 Å². The molecule has 0 radical (unpaired) electrons. The molecule has 0 aliphatic heterocycles. The minimum atomic E-state index is -4.34. The van der Waals surface area contributed by atoms with E-state index in [0.29, 0.717) is 5.56 Å². The van der Waals surface area contributed by atoms with E-state index < -0.39 is 23.4 Å². The van der Waals surface area contributed by atoms with E-state index in [2.05, 4.69) is 5.32 Å². The molecule has 3 nitrogen and oxygen atoms in total. The van der Waals surface area contributed by atoms with Crippen molar-refractivity contribution in [2.75, 3.05) is 0 Å². The van der Waals surface area contributed by atoms with Gasteiger partial charge >= 0.3 is 12.3 Å². The van der Waals surface area contributed by atoms with Gasteiger partial charge in [-0.1, -0.05) is 24.3 Å². The summed E-state index contributed by atoms with van der Waals surface area (Å²) in [7, 11) is 0. The van der Waals surface area contributed by atoms with E-state index in [1.165, 1.54) is 12.1 Å². The second kappa shape index (κ2) is 6.85. The number of carbonyl (C=O) groups is 1. The molecule has 0 unspecified atom stereocenters. The highest BCUT2D eigenvalue weighted by atomic mass is 19.4. The summed E-state index contributed by atoms with van der Waals surface area (Å²) in [6.45, 7) is 7.02. The molecule has 22 heavy (non-hydrogen) atoms. The molecule has 1 aromatic carbocycles. The molecule has 1 aromatic rings. The highest BCUT2D eigenvalue weighted by Gasteiger charge is 2.29. The van der Waals surface area contributed by atoms with E-state index in [9.17, 15) is 18.0 Å². The summed E-state index contributed by atoms with van der Waals surface area (Å²) < 4.78 is 42.4. The summed E-state index contributed by atoms with van der Waals surface area (Å²) in [6.07, 6.45) is -1.57. The third kappa shape index (κ3) is 6.65. The molecule has 1 N–H and O–H groups in total. The molecule has 1 atom stereocenters. The Labute approximate surface area is 128 Å². The molecule has 0 saturated carbocycles. The summed E-state index contributed by atoms with van der Waals surface area (Å²) in [4.78, 5) is 11.5. The third-order valence-corrected chi connectivity index (χ3v) is 2.56. The first-order valence-corrected chi connectivity index (χ1v) is 6.82. The van der Waals surface area contributed by atoms with Gasteiger partial charge < -0.3 is 10.1 Å². The Morgan fingerprint density at radius 3 is 2.18 bits per heavy atom. The van der Waals surface area contributed by atoms with E-state index in [1.807, 2.05) is 0 Å². The van der Waals surface area contributed by atoms with Crippen LogP contribution in [0, 0.1) is 0 Å². The first kappa shape index (κ1) is 18.1. The normalized spacial score (nSPS) is 14.0. The number of carbonyl (C=O) groups excluding carboxylic acids is 1. The smallest absolute Gasteiger partial charge is 0.416 e. The van der Waals surface area contributed by atoms with Crippen LogP contribution in [-0.4, -0.2) is 17.7 Å². The highest BCUT2D eigenvalue weighted by Crippen LogP contribution is 2.29. The Morgan fingerprint density at radius 1 is 1.18 bits per heavy atom. The molecule has 0 heterocycles. The zero-order valence-electron chi connectivity index (χ0n) is 13.0. The zero-order valence-corrected chi connectivity index (χ0v) is 13.0. The number of alkyl halides is 3. The van der Waals surface area contributed by atoms with Gasteiger partial charge in [-0.05, 0) is 45.4 Å². The Balaban J connectivity index is 2.59. The van der Waals surface area contributed by atoms with Crippen LogP contribution in [0.5, 0.6) is 0 Å². The van der Waals surface area contributed by atoms with Crippen LogP contribution < -0.4 is 5.32 Å². The van der Waals surface area contributed by atoms with Crippen LogP contribution in [0.3, 0.4) is 0 Å². The molecule has 0 aliphatic carbocycles. The minimum Gasteiger partial charge on any atom is -0.444 e. The largest absolute Gasteiger partial charge is 0.444 e. The number of rotatable bonds is 3. The van der Waals surface area contributed by atoms with Gasteiger partial charge in [-0.3, -0.25) is 0 Å². The lowest BCUT2D eigenvalue weighted by molar-refractivity contribution is -0.137. The Kier molecular flexibility index (Phi) is 5.63. The van der Waals surface area contributed by atoms with Gasteiger partial charge in [0.15, 0.2) is 0 Å². The van der Waals surface area contributed by atoms with Crippen molar-refractivity contribution in [2.45, 2.75) is 45.5 Å². The van der Waals surface area contributed by atoms with Gasteiger partial charge in [0.25, 0.3) is 0 Å². The molecule has 0 fully saturated rings. The molecule has 0 aliphatic rings. The fraction of sp³-hybridized carbons (Fsp3) is 0.438. The summed E-state index contributed by atoms with van der Waals surface area (Å²) in [5, 5.41) is 2.61. The minimum absolute atomic E-state index is 0.308. The number of halogens is 3. The molecule has 1 amide bonds. The van der Waals surface area contributed by atoms with E-state index in [0.717, 1.165) is 12.1 Å². The van der Waals surface area contributed by atoms with Crippen LogP contribution in [0.2, 0.25) is 0 Å². The van der Waals surface area contributed by atoms with Gasteiger partial charge in [-0.15, -0.1) is 0 Å². The Hall–Kier alpha value is -1.98. The van der Waals surface area contributed by atoms with Crippen LogP contribution in [0.1, 0.15) is 38.8 Å². The van der Waals surface area contributed by atoms with Crippen molar-refractivity contribution in [2.24, 2.45) is 0 Å². The van der Waals surface area contributed by atoms with Crippen LogP contribution in [0.15, 0.2) is 30.3 Å². The molecular formula is C16H20F3NO2. The second-order valence-electron chi connectivity index (χ2n) is 5.91. The summed E-state index contributed by atoms with van der Waals surface area (Å²) in [5.74, 6) is 0. The van der Waals surface area contributed by atoms with Gasteiger partial charge in [-0.25, -0.2) is 4.79 Å². The Morgan fingerprint density at radius 2 is 1.73 bits per heavy atom. The highest BCUT2D eigenvalue weighted by molar-refractivity contribution is 5.68. The van der Waals surface area contributed by atoms with Crippen molar-refractivity contribution in [3.63, 3.8) is 0 Å². The van der Waals surface area contributed by atoms with Crippen molar-refractivity contribution in [1.29, 1.82) is 0 Å². The van der Waals surface area contributed by atoms with E-state index >= 15 is 0 Å². The summed E-state index contributed by atoms with van der Waals surface area (Å²) in [6, 6.07) is 4.48. The number of amides is 1. The van der Waals surface area contributed by atoms with Crippen LogP contribution in [0.25, 0.3) is 6.08 Å². The monoisotopic (exact) mass is 315 g/mol. The molecule has 0 aromatic heterocycles. The molecule has 122 valence electrons. The third-order valence-electron chi connectivity index (χ3n) is 2.56. The number of ether oxygens (including phenoxy) is 1. The predicted octanol–water partition coefficient (Wildman–Crippen LogP) is 4.63.